The van der Waals surface area contributed by atoms with Crippen LogP contribution in [0.15, 0.2) is 80.4 Å². The number of methoxy groups -OCH3 is 2. The molecule has 1 aromatic heterocycles. The monoisotopic (exact) mass is 490 g/mol. The minimum Gasteiger partial charge on any atom is -0.493 e. The number of rotatable bonds is 8. The number of hydrogen-bond donors (Lipinski definition) is 0. The Kier molecular flexibility index (Phi) is 7.57. The van der Waals surface area contributed by atoms with Crippen molar-refractivity contribution in [3.05, 3.63) is 82.7 Å². The second kappa shape index (κ2) is 11.0. The number of thioether (sulfide) groups is 1. The smallest absolute Gasteiger partial charge is 0.267 e. The van der Waals surface area contributed by atoms with E-state index in [0.717, 1.165) is 16.8 Å². The Balaban J connectivity index is 1.60. The molecule has 0 aliphatic carbocycles. The van der Waals surface area contributed by atoms with Crippen LogP contribution in [0, 0.1) is 0 Å². The summed E-state index contributed by atoms with van der Waals surface area (Å²) in [5.41, 5.74) is 2.80. The summed E-state index contributed by atoms with van der Waals surface area (Å²) in [5.74, 6) is 1.74. The highest BCUT2D eigenvalue weighted by atomic mass is 32.2. The maximum Gasteiger partial charge on any atom is 0.267 e. The first-order valence-electron chi connectivity index (χ1n) is 10.8. The normalized spacial score (nSPS) is 16.0. The zero-order valence-electron chi connectivity index (χ0n) is 20.0. The van der Waals surface area contributed by atoms with E-state index in [1.165, 1.54) is 11.8 Å². The maximum atomic E-state index is 13.2. The fourth-order valence-corrected chi connectivity index (χ4v) is 4.31. The molecular formula is C26H26N4O4S. The van der Waals surface area contributed by atoms with E-state index in [1.807, 2.05) is 61.5 Å². The Morgan fingerprint density at radius 2 is 1.77 bits per heavy atom. The van der Waals surface area contributed by atoms with Crippen LogP contribution in [0.5, 0.6) is 11.5 Å². The predicted octanol–water partition coefficient (Wildman–Crippen LogP) is 4.87. The number of benzene rings is 2. The Labute approximate surface area is 208 Å². The lowest BCUT2D eigenvalue weighted by molar-refractivity contribution is -0.122. The summed E-state index contributed by atoms with van der Waals surface area (Å²) in [4.78, 5) is 17.4. The molecule has 1 aliphatic heterocycles. The van der Waals surface area contributed by atoms with E-state index >= 15 is 0 Å². The van der Waals surface area contributed by atoms with Gasteiger partial charge in [-0.15, -0.1) is 5.10 Å². The minimum absolute atomic E-state index is 0.150. The molecule has 3 aromatic rings. The zero-order valence-corrected chi connectivity index (χ0v) is 20.8. The summed E-state index contributed by atoms with van der Waals surface area (Å²) in [5, 5.41) is 9.05. The summed E-state index contributed by atoms with van der Waals surface area (Å²) in [6.07, 6.45) is 5.05. The van der Waals surface area contributed by atoms with Gasteiger partial charge in [0.05, 0.1) is 38.1 Å². The first-order chi connectivity index (χ1) is 17.0. The van der Waals surface area contributed by atoms with Crippen LogP contribution in [0.25, 0.3) is 6.08 Å². The molecule has 1 saturated heterocycles. The number of amidine groups is 1. The van der Waals surface area contributed by atoms with E-state index in [1.54, 1.807) is 49.8 Å². The number of hydrogen-bond acceptors (Lipinski definition) is 8. The molecule has 8 nitrogen and oxygen atoms in total. The predicted molar refractivity (Wildman–Crippen MR) is 140 cm³/mol. The average molecular weight is 491 g/mol. The molecule has 1 fully saturated rings. The van der Waals surface area contributed by atoms with Gasteiger partial charge in [0.25, 0.3) is 5.91 Å². The number of anilines is 1. The van der Waals surface area contributed by atoms with E-state index in [2.05, 4.69) is 10.2 Å². The highest BCUT2D eigenvalue weighted by Crippen LogP contribution is 2.34. The lowest BCUT2D eigenvalue weighted by Gasteiger charge is -2.12. The third kappa shape index (κ3) is 5.75. The molecule has 35 heavy (non-hydrogen) atoms. The van der Waals surface area contributed by atoms with Gasteiger partial charge in [-0.2, -0.15) is 5.10 Å². The van der Waals surface area contributed by atoms with Crippen LogP contribution in [0.4, 0.5) is 5.69 Å². The van der Waals surface area contributed by atoms with Crippen LogP contribution in [-0.4, -0.2) is 50.5 Å². The van der Waals surface area contributed by atoms with Crippen LogP contribution in [0.3, 0.4) is 0 Å². The third-order valence-corrected chi connectivity index (χ3v) is 6.24. The van der Waals surface area contributed by atoms with E-state index in [9.17, 15) is 4.79 Å². The Morgan fingerprint density at radius 1 is 1.03 bits per heavy atom. The molecule has 180 valence electrons. The van der Waals surface area contributed by atoms with Gasteiger partial charge in [-0.1, -0.05) is 12.1 Å². The van der Waals surface area contributed by atoms with Crippen molar-refractivity contribution in [2.45, 2.75) is 6.54 Å². The van der Waals surface area contributed by atoms with Crippen molar-refractivity contribution < 1.29 is 18.7 Å². The standard InChI is InChI=1S/C26H26N4O4S/c1-29(2)20-10-7-18(8-11-20)15-24-25(31)30(17-21-6-5-13-34-21)26(35-24)28-27-16-19-9-12-22(32-3)23(14-19)33-4/h5-16H,17H2,1-4H3/b24-15-,27-16+,28-26-. The van der Waals surface area contributed by atoms with Crippen molar-refractivity contribution in [2.75, 3.05) is 33.2 Å². The SMILES string of the molecule is COc1ccc(/C=N/N=C2\S/C(=C\c3ccc(N(C)C)cc3)C(=O)N2Cc2ccco2)cc1OC. The first kappa shape index (κ1) is 24.2. The lowest BCUT2D eigenvalue weighted by atomic mass is 10.2. The van der Waals surface area contributed by atoms with Crippen LogP contribution in [0.1, 0.15) is 16.9 Å². The molecule has 0 saturated carbocycles. The lowest BCUT2D eigenvalue weighted by Crippen LogP contribution is -2.28. The van der Waals surface area contributed by atoms with Crippen molar-refractivity contribution in [3.63, 3.8) is 0 Å². The highest BCUT2D eigenvalue weighted by Gasteiger charge is 2.34. The van der Waals surface area contributed by atoms with Gasteiger partial charge in [0.2, 0.25) is 0 Å². The molecule has 0 spiro atoms. The summed E-state index contributed by atoms with van der Waals surface area (Å²) in [6, 6.07) is 17.1. The van der Waals surface area contributed by atoms with Gasteiger partial charge in [0.1, 0.15) is 5.76 Å². The second-order valence-corrected chi connectivity index (χ2v) is 8.82. The van der Waals surface area contributed by atoms with Crippen molar-refractivity contribution in [2.24, 2.45) is 10.2 Å². The van der Waals surface area contributed by atoms with Gasteiger partial charge in [-0.3, -0.25) is 9.69 Å². The highest BCUT2D eigenvalue weighted by molar-refractivity contribution is 8.18. The summed E-state index contributed by atoms with van der Waals surface area (Å²) in [7, 11) is 7.14. The van der Waals surface area contributed by atoms with Gasteiger partial charge < -0.3 is 18.8 Å². The Bertz CT molecular complexity index is 1270. The molecule has 9 heteroatoms. The Morgan fingerprint density at radius 3 is 2.43 bits per heavy atom. The fraction of sp³-hybridized carbons (Fsp3) is 0.192. The second-order valence-electron chi connectivity index (χ2n) is 7.81. The van der Waals surface area contributed by atoms with Crippen LogP contribution in [-0.2, 0) is 11.3 Å². The van der Waals surface area contributed by atoms with E-state index < -0.39 is 0 Å². The molecule has 0 bridgehead atoms. The van der Waals surface area contributed by atoms with Crippen LogP contribution >= 0.6 is 11.8 Å². The maximum absolute atomic E-state index is 13.2. The number of furan rings is 1. The fourth-order valence-electron chi connectivity index (χ4n) is 3.38. The van der Waals surface area contributed by atoms with E-state index in [4.69, 9.17) is 13.9 Å². The number of carbonyl (C=O) groups excluding carboxylic acids is 1. The zero-order chi connectivity index (χ0) is 24.8. The van der Waals surface area contributed by atoms with Crippen LogP contribution in [0.2, 0.25) is 0 Å². The first-order valence-corrected chi connectivity index (χ1v) is 11.6. The summed E-state index contributed by atoms with van der Waals surface area (Å²) in [6.45, 7) is 0.264. The topological polar surface area (TPSA) is 79.9 Å². The molecule has 1 aliphatic rings. The number of carbonyl (C=O) groups is 1. The molecule has 0 N–H and O–H groups in total. The van der Waals surface area contributed by atoms with E-state index in [-0.39, 0.29) is 12.5 Å². The van der Waals surface area contributed by atoms with Crippen molar-refractivity contribution in [1.29, 1.82) is 0 Å². The quantitative estimate of drug-likeness (QED) is 0.255. The molecular weight excluding hydrogens is 464 g/mol. The van der Waals surface area contributed by atoms with Crippen molar-refractivity contribution >= 4 is 40.8 Å². The van der Waals surface area contributed by atoms with Crippen molar-refractivity contribution in [3.8, 4) is 11.5 Å². The molecule has 2 heterocycles. The van der Waals surface area contributed by atoms with Gasteiger partial charge in [0.15, 0.2) is 16.7 Å². The third-order valence-electron chi connectivity index (χ3n) is 5.25. The number of ether oxygens (including phenoxy) is 2. The molecule has 2 aromatic carbocycles. The molecule has 0 atom stereocenters. The largest absolute Gasteiger partial charge is 0.493 e. The van der Waals surface area contributed by atoms with Gasteiger partial charge in [0, 0.05) is 19.8 Å². The molecule has 1 amide bonds. The minimum atomic E-state index is -0.150. The van der Waals surface area contributed by atoms with Crippen LogP contribution < -0.4 is 14.4 Å². The summed E-state index contributed by atoms with van der Waals surface area (Å²) >= 11 is 1.28. The molecule has 4 rings (SSSR count). The number of amides is 1. The average Bonchev–Trinajstić information content (AvgIpc) is 3.48. The van der Waals surface area contributed by atoms with E-state index in [0.29, 0.717) is 27.3 Å². The summed E-state index contributed by atoms with van der Waals surface area (Å²) < 4.78 is 16.1. The van der Waals surface area contributed by atoms with Crippen molar-refractivity contribution in [1.82, 2.24) is 4.90 Å². The molecule has 0 radical (unpaired) electrons. The van der Waals surface area contributed by atoms with Gasteiger partial charge in [-0.25, -0.2) is 0 Å². The molecule has 0 unspecified atom stereocenters. The van der Waals surface area contributed by atoms with Gasteiger partial charge >= 0.3 is 0 Å². The number of nitrogens with zero attached hydrogens (tertiary/aromatic N) is 4. The van der Waals surface area contributed by atoms with Gasteiger partial charge in [-0.05, 0) is 71.4 Å². The Hall–Kier alpha value is -3.98.